The highest BCUT2D eigenvalue weighted by atomic mass is 32.2. The number of pyridine rings is 1. The SMILES string of the molecule is CN(C)S(=O)(=O)c1cccnc1-c1ccc(C(=O)O)cc1. The number of nitrogens with zero attached hydrogens (tertiary/aromatic N) is 2. The Morgan fingerprint density at radius 1 is 1.14 bits per heavy atom. The predicted octanol–water partition coefficient (Wildman–Crippen LogP) is 1.70. The molecule has 0 aliphatic rings. The second-order valence-corrected chi connectivity index (χ2v) is 6.64. The Morgan fingerprint density at radius 3 is 2.29 bits per heavy atom. The van der Waals surface area contributed by atoms with E-state index in [1.165, 1.54) is 38.5 Å². The third-order valence-electron chi connectivity index (χ3n) is 2.93. The maximum atomic E-state index is 12.3. The van der Waals surface area contributed by atoms with Gasteiger partial charge in [-0.2, -0.15) is 0 Å². The third kappa shape index (κ3) is 2.93. The minimum absolute atomic E-state index is 0.0816. The highest BCUT2D eigenvalue weighted by molar-refractivity contribution is 7.89. The third-order valence-corrected chi connectivity index (χ3v) is 4.78. The first-order valence-corrected chi connectivity index (χ1v) is 7.49. The molecule has 0 saturated heterocycles. The van der Waals surface area contributed by atoms with E-state index in [0.717, 1.165) is 4.31 Å². The van der Waals surface area contributed by atoms with Gasteiger partial charge in [0.1, 0.15) is 4.90 Å². The summed E-state index contributed by atoms with van der Waals surface area (Å²) in [4.78, 5) is 15.0. The number of hydrogen-bond donors (Lipinski definition) is 1. The Labute approximate surface area is 122 Å². The first-order valence-electron chi connectivity index (χ1n) is 6.05. The van der Waals surface area contributed by atoms with E-state index in [1.54, 1.807) is 18.2 Å². The number of carboxylic acids is 1. The topological polar surface area (TPSA) is 87.6 Å². The zero-order valence-corrected chi connectivity index (χ0v) is 12.3. The standard InChI is InChI=1S/C14H14N2O4S/c1-16(2)21(19,20)12-4-3-9-15-13(12)10-5-7-11(8-6-10)14(17)18/h3-9H,1-2H3,(H,17,18). The van der Waals surface area contributed by atoms with Gasteiger partial charge in [0.05, 0.1) is 11.3 Å². The van der Waals surface area contributed by atoms with Crippen molar-refractivity contribution >= 4 is 16.0 Å². The van der Waals surface area contributed by atoms with Crippen LogP contribution in [0.1, 0.15) is 10.4 Å². The molecule has 0 saturated carbocycles. The van der Waals surface area contributed by atoms with Crippen molar-refractivity contribution in [3.05, 3.63) is 48.2 Å². The van der Waals surface area contributed by atoms with Crippen LogP contribution in [0, 0.1) is 0 Å². The smallest absolute Gasteiger partial charge is 0.335 e. The van der Waals surface area contributed by atoms with Crippen LogP contribution in [0.25, 0.3) is 11.3 Å². The summed E-state index contributed by atoms with van der Waals surface area (Å²) in [5, 5.41) is 8.88. The maximum Gasteiger partial charge on any atom is 0.335 e. The molecule has 2 rings (SSSR count). The molecule has 0 bridgehead atoms. The molecule has 0 amide bonds. The van der Waals surface area contributed by atoms with Crippen LogP contribution in [-0.2, 0) is 10.0 Å². The molecule has 1 heterocycles. The van der Waals surface area contributed by atoms with Crippen molar-refractivity contribution in [1.82, 2.24) is 9.29 Å². The quantitative estimate of drug-likeness (QED) is 0.929. The van der Waals surface area contributed by atoms with E-state index in [4.69, 9.17) is 5.11 Å². The minimum Gasteiger partial charge on any atom is -0.478 e. The van der Waals surface area contributed by atoms with Crippen LogP contribution in [0.15, 0.2) is 47.5 Å². The zero-order valence-electron chi connectivity index (χ0n) is 11.5. The lowest BCUT2D eigenvalue weighted by Crippen LogP contribution is -2.23. The monoisotopic (exact) mass is 306 g/mol. The fraction of sp³-hybridized carbons (Fsp3) is 0.143. The summed E-state index contributed by atoms with van der Waals surface area (Å²) >= 11 is 0. The molecule has 1 aromatic heterocycles. The lowest BCUT2D eigenvalue weighted by atomic mass is 10.1. The number of rotatable bonds is 4. The average Bonchev–Trinajstić information content (AvgIpc) is 2.47. The molecular weight excluding hydrogens is 292 g/mol. The maximum absolute atomic E-state index is 12.3. The Hall–Kier alpha value is -2.25. The van der Waals surface area contributed by atoms with Crippen molar-refractivity contribution in [2.75, 3.05) is 14.1 Å². The van der Waals surface area contributed by atoms with Gasteiger partial charge in [-0.25, -0.2) is 17.5 Å². The molecule has 0 fully saturated rings. The average molecular weight is 306 g/mol. The Bertz CT molecular complexity index is 768. The van der Waals surface area contributed by atoms with Gasteiger partial charge in [0, 0.05) is 25.9 Å². The summed E-state index contributed by atoms with van der Waals surface area (Å²) in [6.45, 7) is 0. The molecule has 0 aliphatic heterocycles. The Balaban J connectivity index is 2.58. The van der Waals surface area contributed by atoms with Gasteiger partial charge >= 0.3 is 5.97 Å². The molecule has 2 aromatic rings. The molecule has 0 spiro atoms. The number of carboxylic acid groups (broad SMARTS) is 1. The molecule has 7 heteroatoms. The molecule has 0 radical (unpaired) electrons. The van der Waals surface area contributed by atoms with Gasteiger partial charge in [-0.3, -0.25) is 4.98 Å². The first kappa shape index (κ1) is 15.1. The normalized spacial score (nSPS) is 11.6. The lowest BCUT2D eigenvalue weighted by Gasteiger charge is -2.14. The van der Waals surface area contributed by atoms with Crippen LogP contribution in [0.3, 0.4) is 0 Å². The van der Waals surface area contributed by atoms with E-state index in [9.17, 15) is 13.2 Å². The van der Waals surface area contributed by atoms with Crippen molar-refractivity contribution in [3.63, 3.8) is 0 Å². The molecule has 1 N–H and O–H groups in total. The molecule has 0 unspecified atom stereocenters. The van der Waals surface area contributed by atoms with Crippen LogP contribution in [-0.4, -0.2) is 42.9 Å². The van der Waals surface area contributed by atoms with Crippen molar-refractivity contribution in [2.24, 2.45) is 0 Å². The second-order valence-electron chi connectivity index (χ2n) is 4.52. The van der Waals surface area contributed by atoms with Crippen LogP contribution < -0.4 is 0 Å². The van der Waals surface area contributed by atoms with Gasteiger partial charge in [0.2, 0.25) is 10.0 Å². The van der Waals surface area contributed by atoms with E-state index in [-0.39, 0.29) is 10.5 Å². The molecule has 0 atom stereocenters. The van der Waals surface area contributed by atoms with Gasteiger partial charge < -0.3 is 5.11 Å². The van der Waals surface area contributed by atoms with Crippen LogP contribution in [0.4, 0.5) is 0 Å². The van der Waals surface area contributed by atoms with Gasteiger partial charge in [-0.15, -0.1) is 0 Å². The molecule has 6 nitrogen and oxygen atoms in total. The van der Waals surface area contributed by atoms with Crippen LogP contribution in [0.2, 0.25) is 0 Å². The van der Waals surface area contributed by atoms with E-state index in [0.29, 0.717) is 11.3 Å². The summed E-state index contributed by atoms with van der Waals surface area (Å²) < 4.78 is 25.7. The fourth-order valence-corrected chi connectivity index (χ4v) is 2.84. The highest BCUT2D eigenvalue weighted by Gasteiger charge is 2.22. The van der Waals surface area contributed by atoms with Crippen LogP contribution >= 0.6 is 0 Å². The van der Waals surface area contributed by atoms with Crippen molar-refractivity contribution < 1.29 is 18.3 Å². The zero-order chi connectivity index (χ0) is 15.6. The lowest BCUT2D eigenvalue weighted by molar-refractivity contribution is 0.0697. The van der Waals surface area contributed by atoms with Crippen molar-refractivity contribution in [2.45, 2.75) is 4.90 Å². The summed E-state index contributed by atoms with van der Waals surface area (Å²) in [6.07, 6.45) is 1.50. The predicted molar refractivity (Wildman–Crippen MR) is 77.5 cm³/mol. The summed E-state index contributed by atoms with van der Waals surface area (Å²) in [7, 11) is -0.739. The number of aromatic carboxylic acids is 1. The van der Waals surface area contributed by atoms with Crippen LogP contribution in [0.5, 0.6) is 0 Å². The first-order chi connectivity index (χ1) is 9.84. The summed E-state index contributed by atoms with van der Waals surface area (Å²) in [5.41, 5.74) is 0.968. The van der Waals surface area contributed by atoms with Gasteiger partial charge in [-0.05, 0) is 24.3 Å². The largest absolute Gasteiger partial charge is 0.478 e. The fourth-order valence-electron chi connectivity index (χ4n) is 1.78. The second kappa shape index (κ2) is 5.63. The van der Waals surface area contributed by atoms with E-state index in [1.807, 2.05) is 0 Å². The van der Waals surface area contributed by atoms with Gasteiger partial charge in [-0.1, -0.05) is 12.1 Å². The summed E-state index contributed by atoms with van der Waals surface area (Å²) in [6, 6.07) is 8.94. The molecule has 0 aliphatic carbocycles. The number of benzene rings is 1. The number of hydrogen-bond acceptors (Lipinski definition) is 4. The Kier molecular flexibility index (Phi) is 4.06. The number of carbonyl (C=O) groups is 1. The van der Waals surface area contributed by atoms with E-state index < -0.39 is 16.0 Å². The highest BCUT2D eigenvalue weighted by Crippen LogP contribution is 2.26. The van der Waals surface area contributed by atoms with Gasteiger partial charge in [0.25, 0.3) is 0 Å². The molecule has 1 aromatic carbocycles. The minimum atomic E-state index is -3.63. The van der Waals surface area contributed by atoms with E-state index in [2.05, 4.69) is 4.98 Å². The molecule has 21 heavy (non-hydrogen) atoms. The number of aromatic nitrogens is 1. The van der Waals surface area contributed by atoms with Gasteiger partial charge in [0.15, 0.2) is 0 Å². The van der Waals surface area contributed by atoms with E-state index >= 15 is 0 Å². The Morgan fingerprint density at radius 2 is 1.76 bits per heavy atom. The van der Waals surface area contributed by atoms with Crippen molar-refractivity contribution in [3.8, 4) is 11.3 Å². The number of sulfonamides is 1. The van der Waals surface area contributed by atoms with Crippen molar-refractivity contribution in [1.29, 1.82) is 0 Å². The molecular formula is C14H14N2O4S. The molecule has 110 valence electrons. The summed E-state index contributed by atoms with van der Waals surface area (Å²) in [5.74, 6) is -1.04.